The van der Waals surface area contributed by atoms with Gasteiger partial charge in [0.25, 0.3) is 0 Å². The molecule has 16 rings (SSSR count). The number of aryl methyl sites for hydroxylation is 2. The number of benzene rings is 14. The molecule has 16 aromatic rings. The van der Waals surface area contributed by atoms with Crippen molar-refractivity contribution in [1.29, 1.82) is 0 Å². The summed E-state index contributed by atoms with van der Waals surface area (Å²) in [6.07, 6.45) is 0.794. The Labute approximate surface area is 469 Å². The van der Waals surface area contributed by atoms with Crippen LogP contribution in [0.2, 0.25) is 0 Å². The normalized spacial score (nSPS) is 11.9. The Morgan fingerprint density at radius 1 is 0.309 bits per heavy atom. The summed E-state index contributed by atoms with van der Waals surface area (Å²) in [4.78, 5) is 10.3. The summed E-state index contributed by atoms with van der Waals surface area (Å²) < 4.78 is 4.60. The first-order chi connectivity index (χ1) is 40.0. The largest absolute Gasteiger partial charge is 0.297 e. The summed E-state index contributed by atoms with van der Waals surface area (Å²) in [5.41, 5.74) is 18.5. The van der Waals surface area contributed by atoms with E-state index in [9.17, 15) is 0 Å². The van der Waals surface area contributed by atoms with E-state index in [-0.39, 0.29) is 0 Å². The fourth-order valence-electron chi connectivity index (χ4n) is 13.3. The van der Waals surface area contributed by atoms with E-state index in [0.717, 1.165) is 62.6 Å². The van der Waals surface area contributed by atoms with E-state index in [4.69, 9.17) is 9.97 Å². The zero-order chi connectivity index (χ0) is 53.7. The van der Waals surface area contributed by atoms with Crippen molar-refractivity contribution >= 4 is 86.7 Å². The summed E-state index contributed by atoms with van der Waals surface area (Å²) in [7, 11) is 0. The molecule has 0 saturated carbocycles. The van der Waals surface area contributed by atoms with Crippen LogP contribution in [0.5, 0.6) is 0 Å². The molecule has 0 spiro atoms. The van der Waals surface area contributed by atoms with Gasteiger partial charge in [-0.2, -0.15) is 0 Å². The van der Waals surface area contributed by atoms with Gasteiger partial charge in [0, 0.05) is 23.4 Å². The second-order valence-corrected chi connectivity index (χ2v) is 21.5. The Kier molecular flexibility index (Phi) is 10.7. The smallest absolute Gasteiger partial charge is 0.114 e. The van der Waals surface area contributed by atoms with Crippen LogP contribution in [0.15, 0.2) is 267 Å². The first kappa shape index (κ1) is 46.7. The Morgan fingerprint density at radius 2 is 0.691 bits per heavy atom. The van der Waals surface area contributed by atoms with Gasteiger partial charge in [-0.15, -0.1) is 0 Å². The van der Waals surface area contributed by atoms with Gasteiger partial charge in [0.2, 0.25) is 0 Å². The van der Waals surface area contributed by atoms with Crippen LogP contribution in [0, 0.1) is 6.92 Å². The SMILES string of the molecule is CCc1nc2c(-c3ccc4cc(-c5c6ccccc6c(-c6ccc(-n7c(C)nc8ccccc87)cc6)c6ccccc56)ccc4c3)cccc2n1-c1ccc(-c2c3ccccc3c(-c3ccc4ccccc4c3)c3ccccc23)cc1. The molecule has 0 unspecified atom stereocenters. The zero-order valence-corrected chi connectivity index (χ0v) is 44.9. The lowest BCUT2D eigenvalue weighted by Gasteiger charge is -2.18. The molecule has 0 fully saturated rings. The molecule has 4 heteroatoms. The highest BCUT2D eigenvalue weighted by Gasteiger charge is 2.21. The van der Waals surface area contributed by atoms with Crippen LogP contribution < -0.4 is 0 Å². The van der Waals surface area contributed by atoms with Crippen molar-refractivity contribution in [3.8, 4) is 67.0 Å². The number of para-hydroxylation sites is 3. The highest BCUT2D eigenvalue weighted by molar-refractivity contribution is 6.23. The maximum atomic E-state index is 5.41. The number of hydrogen-bond acceptors (Lipinski definition) is 2. The Hall–Kier alpha value is -10.4. The predicted octanol–water partition coefficient (Wildman–Crippen LogP) is 20.5. The van der Waals surface area contributed by atoms with Gasteiger partial charge >= 0.3 is 0 Å². The molecule has 0 atom stereocenters. The van der Waals surface area contributed by atoms with Gasteiger partial charge in [0.05, 0.1) is 22.1 Å². The van der Waals surface area contributed by atoms with Gasteiger partial charge in [0.15, 0.2) is 0 Å². The standard InChI is InChI=1S/C77H52N4/c1-3-72-79-77-60(27-16-30-71(77)81(72)59-43-39-51(40-44-59)74-61-19-6-10-23-65(61)75(66-24-11-7-20-62(66)74)56-35-31-49-17-4-5-18-52(49)46-56)55-34-32-54-47-57(36-33-53(54)45-55)76-67-25-12-8-21-63(67)73(64-22-9-13-26-68(64)76)50-37-41-58(42-38-50)80-48(2)78-69-28-14-15-29-70(69)80/h4-47H,3H2,1-2H3. The third-order valence-corrected chi connectivity index (χ3v) is 17.0. The fourth-order valence-corrected chi connectivity index (χ4v) is 13.3. The summed E-state index contributed by atoms with van der Waals surface area (Å²) >= 11 is 0. The molecule has 4 nitrogen and oxygen atoms in total. The van der Waals surface area contributed by atoms with E-state index >= 15 is 0 Å². The van der Waals surface area contributed by atoms with Crippen LogP contribution >= 0.6 is 0 Å². The Balaban J connectivity index is 0.751. The van der Waals surface area contributed by atoms with E-state index in [2.05, 4.69) is 284 Å². The molecular weight excluding hydrogens is 981 g/mol. The van der Waals surface area contributed by atoms with Crippen molar-refractivity contribution in [2.45, 2.75) is 20.3 Å². The molecular formula is C77H52N4. The molecule has 380 valence electrons. The minimum absolute atomic E-state index is 0.794. The molecule has 0 radical (unpaired) electrons. The molecule has 0 bridgehead atoms. The van der Waals surface area contributed by atoms with Crippen LogP contribution in [-0.4, -0.2) is 19.1 Å². The Morgan fingerprint density at radius 3 is 1.21 bits per heavy atom. The number of aromatic nitrogens is 4. The quantitative estimate of drug-likeness (QED) is 0.142. The molecule has 0 saturated heterocycles. The minimum Gasteiger partial charge on any atom is -0.297 e. The second kappa shape index (κ2) is 18.6. The third kappa shape index (κ3) is 7.45. The van der Waals surface area contributed by atoms with Crippen molar-refractivity contribution in [2.75, 3.05) is 0 Å². The third-order valence-electron chi connectivity index (χ3n) is 17.0. The summed E-state index contributed by atoms with van der Waals surface area (Å²) in [6, 6.07) is 98.2. The molecule has 81 heavy (non-hydrogen) atoms. The zero-order valence-electron chi connectivity index (χ0n) is 44.9. The van der Waals surface area contributed by atoms with Crippen LogP contribution in [-0.2, 0) is 6.42 Å². The number of hydrogen-bond donors (Lipinski definition) is 0. The summed E-state index contributed by atoms with van der Waals surface area (Å²) in [6.45, 7) is 4.28. The lowest BCUT2D eigenvalue weighted by Crippen LogP contribution is -2.00. The van der Waals surface area contributed by atoms with Crippen molar-refractivity contribution in [3.05, 3.63) is 279 Å². The van der Waals surface area contributed by atoms with Crippen molar-refractivity contribution < 1.29 is 0 Å². The maximum Gasteiger partial charge on any atom is 0.114 e. The van der Waals surface area contributed by atoms with Gasteiger partial charge in [0.1, 0.15) is 11.6 Å². The molecule has 0 aliphatic rings. The van der Waals surface area contributed by atoms with E-state index < -0.39 is 0 Å². The molecule has 2 heterocycles. The molecule has 0 aliphatic heterocycles. The van der Waals surface area contributed by atoms with Gasteiger partial charge in [-0.3, -0.25) is 9.13 Å². The van der Waals surface area contributed by atoms with Crippen LogP contribution in [0.1, 0.15) is 18.6 Å². The fraction of sp³-hybridized carbons (Fsp3) is 0.0390. The highest BCUT2D eigenvalue weighted by atomic mass is 15.1. The minimum atomic E-state index is 0.794. The first-order valence-corrected chi connectivity index (χ1v) is 28.1. The van der Waals surface area contributed by atoms with Gasteiger partial charge in [-0.05, 0) is 182 Å². The molecule has 0 N–H and O–H groups in total. The van der Waals surface area contributed by atoms with Crippen molar-refractivity contribution in [1.82, 2.24) is 19.1 Å². The van der Waals surface area contributed by atoms with E-state index in [1.54, 1.807) is 0 Å². The van der Waals surface area contributed by atoms with Crippen molar-refractivity contribution in [2.24, 2.45) is 0 Å². The van der Waals surface area contributed by atoms with Gasteiger partial charge < -0.3 is 0 Å². The summed E-state index contributed by atoms with van der Waals surface area (Å²) in [5, 5.41) is 14.8. The van der Waals surface area contributed by atoms with E-state index in [1.165, 1.54) is 109 Å². The monoisotopic (exact) mass is 1030 g/mol. The average Bonchev–Trinajstić information content (AvgIpc) is 4.25. The first-order valence-electron chi connectivity index (χ1n) is 28.1. The predicted molar refractivity (Wildman–Crippen MR) is 342 cm³/mol. The van der Waals surface area contributed by atoms with Gasteiger partial charge in [-0.25, -0.2) is 9.97 Å². The number of fused-ring (bicyclic) bond motifs is 8. The highest BCUT2D eigenvalue weighted by Crippen LogP contribution is 2.47. The van der Waals surface area contributed by atoms with Crippen LogP contribution in [0.4, 0.5) is 0 Å². The average molecular weight is 1030 g/mol. The lowest BCUT2D eigenvalue weighted by molar-refractivity contribution is 0.908. The van der Waals surface area contributed by atoms with Crippen LogP contribution in [0.3, 0.4) is 0 Å². The molecule has 2 aromatic heterocycles. The number of rotatable bonds is 8. The van der Waals surface area contributed by atoms with Crippen molar-refractivity contribution in [3.63, 3.8) is 0 Å². The molecule has 0 aliphatic carbocycles. The van der Waals surface area contributed by atoms with Crippen LogP contribution in [0.25, 0.3) is 154 Å². The second-order valence-electron chi connectivity index (χ2n) is 21.5. The maximum absolute atomic E-state index is 5.41. The molecule has 0 amide bonds. The topological polar surface area (TPSA) is 35.6 Å². The van der Waals surface area contributed by atoms with E-state index in [0.29, 0.717) is 0 Å². The summed E-state index contributed by atoms with van der Waals surface area (Å²) in [5.74, 6) is 2.01. The van der Waals surface area contributed by atoms with E-state index in [1.807, 2.05) is 6.07 Å². The Bertz CT molecular complexity index is 5100. The number of nitrogens with zero attached hydrogens (tertiary/aromatic N) is 4. The lowest BCUT2D eigenvalue weighted by atomic mass is 9.85. The molecule has 14 aromatic carbocycles. The van der Waals surface area contributed by atoms with Gasteiger partial charge in [-0.1, -0.05) is 213 Å². The number of imidazole rings is 2.